The van der Waals surface area contributed by atoms with Crippen molar-refractivity contribution in [2.75, 3.05) is 14.1 Å². The van der Waals surface area contributed by atoms with Gasteiger partial charge in [0, 0.05) is 26.8 Å². The molecule has 4 aromatic rings. The van der Waals surface area contributed by atoms with Crippen molar-refractivity contribution >= 4 is 23.1 Å². The first-order valence-electron chi connectivity index (χ1n) is 11.6. The normalized spacial score (nSPS) is 15.9. The number of para-hydroxylation sites is 3. The summed E-state index contributed by atoms with van der Waals surface area (Å²) in [7, 11) is 3.98. The van der Waals surface area contributed by atoms with Gasteiger partial charge < -0.3 is 9.88 Å². The maximum absolute atomic E-state index is 4.87. The van der Waals surface area contributed by atoms with E-state index in [9.17, 15) is 0 Å². The summed E-state index contributed by atoms with van der Waals surface area (Å²) >= 11 is 0. The second-order valence-electron chi connectivity index (χ2n) is 8.90. The molecular formula is C27H30N6. The van der Waals surface area contributed by atoms with Crippen LogP contribution in [-0.4, -0.2) is 45.2 Å². The number of rotatable bonds is 7. The van der Waals surface area contributed by atoms with E-state index in [-0.39, 0.29) is 6.04 Å². The van der Waals surface area contributed by atoms with E-state index < -0.39 is 0 Å². The maximum atomic E-state index is 4.87. The minimum atomic E-state index is 0.244. The number of pyridine rings is 1. The maximum Gasteiger partial charge on any atom is 0.121 e. The summed E-state index contributed by atoms with van der Waals surface area (Å²) in [6.07, 6.45) is 7.14. The summed E-state index contributed by atoms with van der Waals surface area (Å²) in [5, 5.41) is 0. The molecule has 2 heterocycles. The van der Waals surface area contributed by atoms with Gasteiger partial charge in [-0.1, -0.05) is 36.4 Å². The van der Waals surface area contributed by atoms with E-state index in [1.807, 2.05) is 49.7 Å². The molecule has 0 saturated heterocycles. The molecule has 6 nitrogen and oxygen atoms in total. The van der Waals surface area contributed by atoms with Crippen molar-refractivity contribution in [1.82, 2.24) is 24.8 Å². The van der Waals surface area contributed by atoms with Crippen molar-refractivity contribution in [3.8, 4) is 0 Å². The van der Waals surface area contributed by atoms with Gasteiger partial charge in [0.1, 0.15) is 5.82 Å². The molecule has 168 valence electrons. The lowest BCUT2D eigenvalue weighted by Crippen LogP contribution is -2.31. The summed E-state index contributed by atoms with van der Waals surface area (Å²) in [6, 6.07) is 21.1. The topological polar surface area (TPSA) is 60.4 Å². The predicted molar refractivity (Wildman–Crippen MR) is 134 cm³/mol. The molecule has 5 rings (SSSR count). The zero-order valence-corrected chi connectivity index (χ0v) is 19.3. The lowest BCUT2D eigenvalue weighted by molar-refractivity contribution is 0.154. The van der Waals surface area contributed by atoms with Crippen LogP contribution >= 0.6 is 0 Å². The van der Waals surface area contributed by atoms with Crippen LogP contribution in [0.1, 0.15) is 41.5 Å². The third-order valence-corrected chi connectivity index (χ3v) is 6.19. The van der Waals surface area contributed by atoms with E-state index in [2.05, 4.69) is 52.3 Å². The zero-order chi connectivity index (χ0) is 22.6. The second kappa shape index (κ2) is 9.55. The summed E-state index contributed by atoms with van der Waals surface area (Å²) < 4.78 is 0. The van der Waals surface area contributed by atoms with Crippen LogP contribution in [0.2, 0.25) is 0 Å². The van der Waals surface area contributed by atoms with Crippen LogP contribution < -0.4 is 0 Å². The highest BCUT2D eigenvalue weighted by atomic mass is 15.2. The molecule has 0 bridgehead atoms. The van der Waals surface area contributed by atoms with Crippen LogP contribution in [0.15, 0.2) is 71.9 Å². The molecule has 0 radical (unpaired) electrons. The molecule has 0 fully saturated rings. The van der Waals surface area contributed by atoms with E-state index in [1.165, 1.54) is 23.2 Å². The molecule has 1 aliphatic rings. The summed E-state index contributed by atoms with van der Waals surface area (Å²) in [6.45, 7) is 1.50. The van der Waals surface area contributed by atoms with Gasteiger partial charge in [-0.15, -0.1) is 0 Å². The Balaban J connectivity index is 1.51. The monoisotopic (exact) mass is 438 g/mol. The molecule has 0 amide bonds. The fourth-order valence-corrected chi connectivity index (χ4v) is 4.66. The number of hydrogen-bond acceptors (Lipinski definition) is 4. The number of aliphatic imine (C=N–C) groups is 1. The number of imidazole rings is 1. The first-order chi connectivity index (χ1) is 16.2. The number of aryl methyl sites for hydroxylation is 1. The number of aromatic amines is 1. The Morgan fingerprint density at radius 1 is 1.03 bits per heavy atom. The minimum absolute atomic E-state index is 0.244. The van der Waals surface area contributed by atoms with Crippen molar-refractivity contribution < 1.29 is 0 Å². The Labute approximate surface area is 195 Å². The van der Waals surface area contributed by atoms with Crippen LogP contribution in [0, 0.1) is 0 Å². The number of fused-ring (bicyclic) bond motifs is 2. The smallest absolute Gasteiger partial charge is 0.121 e. The lowest BCUT2D eigenvalue weighted by atomic mass is 9.90. The van der Waals surface area contributed by atoms with Crippen LogP contribution in [0.4, 0.5) is 5.69 Å². The first kappa shape index (κ1) is 21.3. The molecule has 6 heteroatoms. The van der Waals surface area contributed by atoms with Gasteiger partial charge in [-0.05, 0) is 54.7 Å². The van der Waals surface area contributed by atoms with Gasteiger partial charge in [-0.3, -0.25) is 9.88 Å². The van der Waals surface area contributed by atoms with Crippen molar-refractivity contribution in [3.63, 3.8) is 0 Å². The molecular weight excluding hydrogens is 408 g/mol. The Hall–Kier alpha value is -3.51. The van der Waals surface area contributed by atoms with E-state index in [0.29, 0.717) is 0 Å². The molecule has 0 saturated carbocycles. The molecule has 2 aromatic carbocycles. The summed E-state index contributed by atoms with van der Waals surface area (Å²) in [4.78, 5) is 22.4. The van der Waals surface area contributed by atoms with Crippen LogP contribution in [0.5, 0.6) is 0 Å². The number of H-pyrrole nitrogens is 1. The molecule has 1 unspecified atom stereocenters. The molecule has 0 spiro atoms. The SMILES string of the molecule is CN(C)C=Nc1ccccc1CN(Cc1nc2ccccc2[nH]1)C1CCCc2cccnc21. The largest absolute Gasteiger partial charge is 0.369 e. The highest BCUT2D eigenvalue weighted by Gasteiger charge is 2.28. The van der Waals surface area contributed by atoms with Crippen LogP contribution in [0.25, 0.3) is 11.0 Å². The lowest BCUT2D eigenvalue weighted by Gasteiger charge is -2.34. The first-order valence-corrected chi connectivity index (χ1v) is 11.6. The zero-order valence-electron chi connectivity index (χ0n) is 19.3. The Morgan fingerprint density at radius 3 is 2.76 bits per heavy atom. The number of nitrogens with zero attached hydrogens (tertiary/aromatic N) is 5. The molecule has 1 atom stereocenters. The summed E-state index contributed by atoms with van der Waals surface area (Å²) in [5.41, 5.74) is 6.85. The molecule has 2 aromatic heterocycles. The minimum Gasteiger partial charge on any atom is -0.369 e. The third-order valence-electron chi connectivity index (χ3n) is 6.19. The molecule has 1 aliphatic carbocycles. The number of aromatic nitrogens is 3. The fourth-order valence-electron chi connectivity index (χ4n) is 4.66. The van der Waals surface area contributed by atoms with Gasteiger partial charge in [-0.25, -0.2) is 9.98 Å². The van der Waals surface area contributed by atoms with Gasteiger partial charge in [0.15, 0.2) is 0 Å². The fraction of sp³-hybridized carbons (Fsp3) is 0.296. The molecule has 0 aliphatic heterocycles. The van der Waals surface area contributed by atoms with Gasteiger partial charge in [0.25, 0.3) is 0 Å². The van der Waals surface area contributed by atoms with Crippen molar-refractivity contribution in [3.05, 3.63) is 89.5 Å². The highest BCUT2D eigenvalue weighted by Crippen LogP contribution is 2.35. The van der Waals surface area contributed by atoms with Gasteiger partial charge in [-0.2, -0.15) is 0 Å². The quantitative estimate of drug-likeness (QED) is 0.316. The van der Waals surface area contributed by atoms with Crippen LogP contribution in [-0.2, 0) is 19.5 Å². The van der Waals surface area contributed by atoms with E-state index >= 15 is 0 Å². The number of hydrogen-bond donors (Lipinski definition) is 1. The number of benzene rings is 2. The standard InChI is InChI=1S/C27H30N6/c1-32(2)19-29-22-12-4-3-9-21(22)17-33(18-26-30-23-13-5-6-14-24(23)31-26)25-15-7-10-20-11-8-16-28-27(20)25/h3-6,8-9,11-14,16,19,25H,7,10,15,17-18H2,1-2H3,(H,30,31). The average Bonchev–Trinajstić information content (AvgIpc) is 3.25. The Kier molecular flexibility index (Phi) is 6.17. The third kappa shape index (κ3) is 4.81. The van der Waals surface area contributed by atoms with Crippen molar-refractivity contribution in [2.45, 2.75) is 38.4 Å². The van der Waals surface area contributed by atoms with Gasteiger partial charge in [0.2, 0.25) is 0 Å². The van der Waals surface area contributed by atoms with Gasteiger partial charge >= 0.3 is 0 Å². The average molecular weight is 439 g/mol. The molecule has 1 N–H and O–H groups in total. The predicted octanol–water partition coefficient (Wildman–Crippen LogP) is 5.26. The summed E-state index contributed by atoms with van der Waals surface area (Å²) in [5.74, 6) is 0.980. The second-order valence-corrected chi connectivity index (χ2v) is 8.90. The van der Waals surface area contributed by atoms with Crippen molar-refractivity contribution in [2.24, 2.45) is 4.99 Å². The van der Waals surface area contributed by atoms with E-state index in [1.54, 1.807) is 0 Å². The van der Waals surface area contributed by atoms with Crippen molar-refractivity contribution in [1.29, 1.82) is 0 Å². The Bertz CT molecular complexity index is 1230. The highest BCUT2D eigenvalue weighted by molar-refractivity contribution is 5.74. The number of nitrogens with one attached hydrogen (secondary N) is 1. The van der Waals surface area contributed by atoms with E-state index in [4.69, 9.17) is 15.0 Å². The van der Waals surface area contributed by atoms with Gasteiger partial charge in [0.05, 0.1) is 41.3 Å². The Morgan fingerprint density at radius 2 is 1.88 bits per heavy atom. The van der Waals surface area contributed by atoms with E-state index in [0.717, 1.165) is 48.5 Å². The molecule has 33 heavy (non-hydrogen) atoms. The van der Waals surface area contributed by atoms with Crippen LogP contribution in [0.3, 0.4) is 0 Å².